The summed E-state index contributed by atoms with van der Waals surface area (Å²) in [6, 6.07) is 0. The molecule has 0 N–H and O–H groups in total. The Hall–Kier alpha value is -0.160. The monoisotopic (exact) mass is 243 g/mol. The molecule has 17 heavy (non-hydrogen) atoms. The van der Waals surface area contributed by atoms with E-state index in [1.807, 2.05) is 13.8 Å². The molecule has 0 aromatic heterocycles. The molecule has 2 aliphatic heterocycles. The number of hydrogen-bond acceptors (Lipinski definition) is 4. The molecule has 0 unspecified atom stereocenters. The van der Waals surface area contributed by atoms with E-state index in [0.717, 1.165) is 32.8 Å². The topological polar surface area (TPSA) is 30.9 Å². The maximum Gasteiger partial charge on any atom is 0.170 e. The minimum absolute atomic E-state index is 0.0672. The molecule has 0 bridgehead atoms. The van der Waals surface area contributed by atoms with Crippen LogP contribution < -0.4 is 0 Å². The van der Waals surface area contributed by atoms with Crippen LogP contribution >= 0.6 is 0 Å². The van der Waals surface area contributed by atoms with Gasteiger partial charge in [0.05, 0.1) is 6.61 Å². The van der Waals surface area contributed by atoms with Gasteiger partial charge in [-0.25, -0.2) is 0 Å². The maximum absolute atomic E-state index is 5.60. The molecule has 2 saturated heterocycles. The lowest BCUT2D eigenvalue weighted by atomic mass is 9.87. The van der Waals surface area contributed by atoms with E-state index in [4.69, 9.17) is 14.2 Å². The van der Waals surface area contributed by atoms with Crippen LogP contribution in [0.5, 0.6) is 0 Å². The van der Waals surface area contributed by atoms with Gasteiger partial charge in [0, 0.05) is 38.3 Å². The summed E-state index contributed by atoms with van der Waals surface area (Å²) in [6.07, 6.45) is 2.41. The third kappa shape index (κ3) is 3.41. The summed E-state index contributed by atoms with van der Waals surface area (Å²) in [6.45, 7) is 10.5. The van der Waals surface area contributed by atoms with E-state index in [1.165, 1.54) is 12.8 Å². The third-order valence-electron chi connectivity index (χ3n) is 3.81. The van der Waals surface area contributed by atoms with Crippen LogP contribution in [-0.2, 0) is 14.2 Å². The first-order valence-electron chi connectivity index (χ1n) is 6.81. The van der Waals surface area contributed by atoms with Gasteiger partial charge in [0.2, 0.25) is 0 Å². The van der Waals surface area contributed by atoms with Crippen LogP contribution in [0.1, 0.15) is 26.7 Å². The zero-order valence-electron chi connectivity index (χ0n) is 11.1. The fourth-order valence-corrected chi connectivity index (χ4v) is 2.89. The molecule has 2 rings (SSSR count). The average molecular weight is 243 g/mol. The lowest BCUT2D eigenvalue weighted by molar-refractivity contribution is -0.146. The van der Waals surface area contributed by atoms with Gasteiger partial charge in [0.15, 0.2) is 6.29 Å². The molecule has 2 fully saturated rings. The van der Waals surface area contributed by atoms with Gasteiger partial charge in [-0.1, -0.05) is 0 Å². The lowest BCUT2D eigenvalue weighted by Gasteiger charge is -2.25. The SMILES string of the molecule is CCOC(CN1CC[C@@]2(CCOC2)C1)OCC. The highest BCUT2D eigenvalue weighted by Gasteiger charge is 2.41. The Bertz CT molecular complexity index is 223. The lowest BCUT2D eigenvalue weighted by Crippen LogP contribution is -2.36. The summed E-state index contributed by atoms with van der Waals surface area (Å²) < 4.78 is 16.7. The molecule has 0 radical (unpaired) electrons. The Morgan fingerprint density at radius 2 is 2.00 bits per heavy atom. The van der Waals surface area contributed by atoms with Crippen molar-refractivity contribution in [2.24, 2.45) is 5.41 Å². The number of nitrogens with zero attached hydrogens (tertiary/aromatic N) is 1. The van der Waals surface area contributed by atoms with Gasteiger partial charge in [-0.15, -0.1) is 0 Å². The van der Waals surface area contributed by atoms with Crippen LogP contribution in [0.3, 0.4) is 0 Å². The van der Waals surface area contributed by atoms with Gasteiger partial charge in [0.25, 0.3) is 0 Å². The molecule has 4 nitrogen and oxygen atoms in total. The smallest absolute Gasteiger partial charge is 0.170 e. The van der Waals surface area contributed by atoms with Gasteiger partial charge in [-0.05, 0) is 33.2 Å². The van der Waals surface area contributed by atoms with Gasteiger partial charge >= 0.3 is 0 Å². The van der Waals surface area contributed by atoms with Gasteiger partial charge in [-0.3, -0.25) is 4.90 Å². The Balaban J connectivity index is 1.79. The van der Waals surface area contributed by atoms with Crippen molar-refractivity contribution in [3.8, 4) is 0 Å². The highest BCUT2D eigenvalue weighted by molar-refractivity contribution is 4.92. The molecule has 0 aliphatic carbocycles. The number of ether oxygens (including phenoxy) is 3. The predicted octanol–water partition coefficient (Wildman–Crippen LogP) is 1.50. The molecular formula is C13H25NO3. The molecule has 0 saturated carbocycles. The predicted molar refractivity (Wildman–Crippen MR) is 66.0 cm³/mol. The summed E-state index contributed by atoms with van der Waals surface area (Å²) in [5, 5.41) is 0. The molecule has 1 atom stereocenters. The number of likely N-dealkylation sites (tertiary alicyclic amines) is 1. The second-order valence-electron chi connectivity index (χ2n) is 5.13. The first-order chi connectivity index (χ1) is 8.28. The molecule has 4 heteroatoms. The molecule has 100 valence electrons. The first-order valence-corrected chi connectivity index (χ1v) is 6.81. The van der Waals surface area contributed by atoms with Crippen molar-refractivity contribution in [2.45, 2.75) is 33.0 Å². The van der Waals surface area contributed by atoms with E-state index in [-0.39, 0.29) is 6.29 Å². The molecule has 0 amide bonds. The third-order valence-corrected chi connectivity index (χ3v) is 3.81. The molecule has 2 heterocycles. The van der Waals surface area contributed by atoms with Crippen LogP contribution in [0, 0.1) is 5.41 Å². The van der Waals surface area contributed by atoms with Crippen LogP contribution in [0.2, 0.25) is 0 Å². The summed E-state index contributed by atoms with van der Waals surface area (Å²) >= 11 is 0. The van der Waals surface area contributed by atoms with E-state index in [9.17, 15) is 0 Å². The van der Waals surface area contributed by atoms with Crippen LogP contribution in [0.15, 0.2) is 0 Å². The fourth-order valence-electron chi connectivity index (χ4n) is 2.89. The highest BCUT2D eigenvalue weighted by atomic mass is 16.7. The Morgan fingerprint density at radius 3 is 2.59 bits per heavy atom. The zero-order chi connectivity index (χ0) is 12.1. The maximum atomic E-state index is 5.60. The second-order valence-corrected chi connectivity index (χ2v) is 5.13. The van der Waals surface area contributed by atoms with Crippen molar-refractivity contribution in [1.82, 2.24) is 4.90 Å². The van der Waals surface area contributed by atoms with E-state index < -0.39 is 0 Å². The second kappa shape index (κ2) is 6.14. The fraction of sp³-hybridized carbons (Fsp3) is 1.00. The van der Waals surface area contributed by atoms with Crippen molar-refractivity contribution >= 4 is 0 Å². The van der Waals surface area contributed by atoms with E-state index in [2.05, 4.69) is 4.90 Å². The normalized spacial score (nSPS) is 29.8. The van der Waals surface area contributed by atoms with Crippen molar-refractivity contribution in [3.63, 3.8) is 0 Å². The van der Waals surface area contributed by atoms with Gasteiger partial charge in [-0.2, -0.15) is 0 Å². The van der Waals surface area contributed by atoms with Gasteiger partial charge < -0.3 is 14.2 Å². The Morgan fingerprint density at radius 1 is 1.24 bits per heavy atom. The minimum atomic E-state index is -0.0672. The van der Waals surface area contributed by atoms with Crippen LogP contribution in [0.4, 0.5) is 0 Å². The van der Waals surface area contributed by atoms with Crippen molar-refractivity contribution in [3.05, 3.63) is 0 Å². The molecular weight excluding hydrogens is 218 g/mol. The molecule has 0 aromatic carbocycles. The first kappa shape index (κ1) is 13.3. The minimum Gasteiger partial charge on any atom is -0.381 e. The quantitative estimate of drug-likeness (QED) is 0.662. The molecule has 1 spiro atoms. The summed E-state index contributed by atoms with van der Waals surface area (Å²) in [4.78, 5) is 2.46. The average Bonchev–Trinajstić information content (AvgIpc) is 2.91. The summed E-state index contributed by atoms with van der Waals surface area (Å²) in [5.74, 6) is 0. The zero-order valence-corrected chi connectivity index (χ0v) is 11.1. The molecule has 0 aromatic rings. The molecule has 2 aliphatic rings. The highest BCUT2D eigenvalue weighted by Crippen LogP contribution is 2.38. The van der Waals surface area contributed by atoms with Crippen molar-refractivity contribution in [1.29, 1.82) is 0 Å². The van der Waals surface area contributed by atoms with Crippen molar-refractivity contribution in [2.75, 3.05) is 46.1 Å². The van der Waals surface area contributed by atoms with Crippen LogP contribution in [-0.4, -0.2) is 57.3 Å². The van der Waals surface area contributed by atoms with E-state index >= 15 is 0 Å². The van der Waals surface area contributed by atoms with Crippen LogP contribution in [0.25, 0.3) is 0 Å². The number of rotatable bonds is 6. The Labute approximate surface area is 104 Å². The largest absolute Gasteiger partial charge is 0.381 e. The van der Waals surface area contributed by atoms with Crippen molar-refractivity contribution < 1.29 is 14.2 Å². The van der Waals surface area contributed by atoms with E-state index in [0.29, 0.717) is 18.6 Å². The number of hydrogen-bond donors (Lipinski definition) is 0. The standard InChI is InChI=1S/C13H25NO3/c1-3-16-12(17-4-2)9-14-7-5-13(10-14)6-8-15-11-13/h12H,3-11H2,1-2H3/t13-/m1/s1. The van der Waals surface area contributed by atoms with Gasteiger partial charge in [0.1, 0.15) is 0 Å². The van der Waals surface area contributed by atoms with E-state index in [1.54, 1.807) is 0 Å². The summed E-state index contributed by atoms with van der Waals surface area (Å²) in [7, 11) is 0. The summed E-state index contributed by atoms with van der Waals surface area (Å²) in [5.41, 5.74) is 0.434. The Kier molecular flexibility index (Phi) is 4.79.